The van der Waals surface area contributed by atoms with Gasteiger partial charge in [0.15, 0.2) is 0 Å². The fourth-order valence-electron chi connectivity index (χ4n) is 3.92. The van der Waals surface area contributed by atoms with Crippen LogP contribution in [0.4, 0.5) is 4.39 Å². The van der Waals surface area contributed by atoms with E-state index in [-0.39, 0.29) is 24.0 Å². The Morgan fingerprint density at radius 1 is 1.35 bits per heavy atom. The molecule has 7 heteroatoms. The van der Waals surface area contributed by atoms with Crippen LogP contribution in [0.15, 0.2) is 24.3 Å². The lowest BCUT2D eigenvalue weighted by atomic mass is 9.94. The van der Waals surface area contributed by atoms with Crippen LogP contribution in [0.3, 0.4) is 0 Å². The summed E-state index contributed by atoms with van der Waals surface area (Å²) in [6.07, 6.45) is 2.82. The lowest BCUT2D eigenvalue weighted by Gasteiger charge is -2.23. The van der Waals surface area contributed by atoms with Crippen molar-refractivity contribution in [3.63, 3.8) is 0 Å². The number of fused-ring (bicyclic) bond motifs is 1. The number of halogens is 1. The average molecular weight is 341 g/mol. The topological polar surface area (TPSA) is 74.7 Å². The molecule has 0 bridgehead atoms. The van der Waals surface area contributed by atoms with Gasteiger partial charge in [-0.3, -0.25) is 4.79 Å². The summed E-state index contributed by atoms with van der Waals surface area (Å²) >= 11 is 0. The number of rotatable bonds is 5. The molecule has 2 fully saturated rings. The van der Waals surface area contributed by atoms with Gasteiger partial charge < -0.3 is 5.11 Å². The minimum Gasteiger partial charge on any atom is -0.480 e. The first-order valence-corrected chi connectivity index (χ1v) is 9.46. The SMILES string of the molecule is O=C(O)[C@@H]1[C@@H]2CCC[C@@H]2CN1S(=O)(=O)CCc1cccc(F)c1. The molecule has 0 aromatic heterocycles. The van der Waals surface area contributed by atoms with Crippen molar-refractivity contribution in [2.45, 2.75) is 31.7 Å². The second-order valence-corrected chi connectivity index (χ2v) is 8.44. The van der Waals surface area contributed by atoms with Crippen molar-refractivity contribution in [3.05, 3.63) is 35.6 Å². The highest BCUT2D eigenvalue weighted by Gasteiger charge is 2.51. The molecule has 1 aliphatic heterocycles. The van der Waals surface area contributed by atoms with Crippen molar-refractivity contribution >= 4 is 16.0 Å². The first kappa shape index (κ1) is 16.4. The molecule has 1 aromatic carbocycles. The molecule has 5 nitrogen and oxygen atoms in total. The molecular formula is C16H20FNO4S. The Bertz CT molecular complexity index is 706. The van der Waals surface area contributed by atoms with E-state index < -0.39 is 27.9 Å². The molecule has 2 aliphatic rings. The molecule has 1 N–H and O–H groups in total. The number of aliphatic carboxylic acids is 1. The quantitative estimate of drug-likeness (QED) is 0.887. The molecule has 0 radical (unpaired) electrons. The van der Waals surface area contributed by atoms with Crippen LogP contribution in [0.25, 0.3) is 0 Å². The molecule has 1 saturated heterocycles. The molecule has 126 valence electrons. The third-order valence-electron chi connectivity index (χ3n) is 5.00. The minimum atomic E-state index is -3.68. The van der Waals surface area contributed by atoms with Crippen LogP contribution in [0.2, 0.25) is 0 Å². The predicted octanol–water partition coefficient (Wildman–Crippen LogP) is 1.88. The molecule has 1 aliphatic carbocycles. The highest BCUT2D eigenvalue weighted by Crippen LogP contribution is 2.43. The summed E-state index contributed by atoms with van der Waals surface area (Å²) in [4.78, 5) is 11.6. The molecule has 3 atom stereocenters. The van der Waals surface area contributed by atoms with Crippen LogP contribution in [0.1, 0.15) is 24.8 Å². The van der Waals surface area contributed by atoms with Gasteiger partial charge in [0.1, 0.15) is 11.9 Å². The van der Waals surface area contributed by atoms with Crippen molar-refractivity contribution in [1.82, 2.24) is 4.31 Å². The lowest BCUT2D eigenvalue weighted by Crippen LogP contribution is -2.44. The van der Waals surface area contributed by atoms with Crippen molar-refractivity contribution in [1.29, 1.82) is 0 Å². The van der Waals surface area contributed by atoms with E-state index in [1.807, 2.05) is 0 Å². The fourth-order valence-corrected chi connectivity index (χ4v) is 5.65. The van der Waals surface area contributed by atoms with Gasteiger partial charge in [-0.2, -0.15) is 4.31 Å². The number of nitrogens with zero attached hydrogens (tertiary/aromatic N) is 1. The summed E-state index contributed by atoms with van der Waals surface area (Å²) in [6.45, 7) is 0.299. The maximum Gasteiger partial charge on any atom is 0.322 e. The van der Waals surface area contributed by atoms with E-state index in [2.05, 4.69) is 0 Å². The van der Waals surface area contributed by atoms with E-state index in [4.69, 9.17) is 0 Å². The van der Waals surface area contributed by atoms with Crippen LogP contribution >= 0.6 is 0 Å². The Morgan fingerprint density at radius 2 is 2.13 bits per heavy atom. The molecule has 1 saturated carbocycles. The number of carboxylic acids is 1. The lowest BCUT2D eigenvalue weighted by molar-refractivity contribution is -0.142. The molecular weight excluding hydrogens is 321 g/mol. The van der Waals surface area contributed by atoms with Crippen LogP contribution in [-0.4, -0.2) is 42.1 Å². The first-order chi connectivity index (χ1) is 10.9. The predicted molar refractivity (Wildman–Crippen MR) is 82.9 cm³/mol. The average Bonchev–Trinajstić information content (AvgIpc) is 3.05. The Labute approximate surface area is 135 Å². The van der Waals surface area contributed by atoms with Crippen LogP contribution < -0.4 is 0 Å². The number of hydrogen-bond acceptors (Lipinski definition) is 3. The second-order valence-electron chi connectivity index (χ2n) is 6.40. The maximum atomic E-state index is 13.2. The highest BCUT2D eigenvalue weighted by atomic mass is 32.2. The van der Waals surface area contributed by atoms with Gasteiger partial charge in [0.2, 0.25) is 10.0 Å². The van der Waals surface area contributed by atoms with Gasteiger partial charge in [-0.1, -0.05) is 18.6 Å². The third kappa shape index (κ3) is 3.26. The van der Waals surface area contributed by atoms with Crippen molar-refractivity contribution in [2.24, 2.45) is 11.8 Å². The van der Waals surface area contributed by atoms with E-state index in [0.29, 0.717) is 12.1 Å². The van der Waals surface area contributed by atoms with E-state index in [1.54, 1.807) is 6.07 Å². The Balaban J connectivity index is 1.75. The zero-order valence-corrected chi connectivity index (χ0v) is 13.5. The number of aryl methyl sites for hydroxylation is 1. The maximum absolute atomic E-state index is 13.2. The normalized spacial score (nSPS) is 28.0. The van der Waals surface area contributed by atoms with E-state index in [9.17, 15) is 22.7 Å². The first-order valence-electron chi connectivity index (χ1n) is 7.85. The summed E-state index contributed by atoms with van der Waals surface area (Å²) in [6, 6.07) is 4.88. The number of carboxylic acid groups (broad SMARTS) is 1. The Morgan fingerprint density at radius 3 is 2.83 bits per heavy atom. The van der Waals surface area contributed by atoms with E-state index >= 15 is 0 Å². The van der Waals surface area contributed by atoms with Crippen LogP contribution in [0, 0.1) is 17.7 Å². The zero-order chi connectivity index (χ0) is 16.6. The Hall–Kier alpha value is -1.47. The van der Waals surface area contributed by atoms with Crippen molar-refractivity contribution in [3.8, 4) is 0 Å². The third-order valence-corrected chi connectivity index (χ3v) is 6.81. The van der Waals surface area contributed by atoms with Gasteiger partial charge in [0, 0.05) is 6.54 Å². The Kier molecular flexibility index (Phi) is 4.42. The largest absolute Gasteiger partial charge is 0.480 e. The van der Waals surface area contributed by atoms with Gasteiger partial charge in [0.05, 0.1) is 5.75 Å². The molecule has 0 amide bonds. The van der Waals surface area contributed by atoms with Gasteiger partial charge in [-0.15, -0.1) is 0 Å². The summed E-state index contributed by atoms with van der Waals surface area (Å²) in [5.74, 6) is -1.58. The van der Waals surface area contributed by atoms with Crippen molar-refractivity contribution in [2.75, 3.05) is 12.3 Å². The number of carbonyl (C=O) groups is 1. The van der Waals surface area contributed by atoms with Gasteiger partial charge >= 0.3 is 5.97 Å². The summed E-state index contributed by atoms with van der Waals surface area (Å²) in [7, 11) is -3.68. The van der Waals surface area contributed by atoms with Gasteiger partial charge in [-0.25, -0.2) is 12.8 Å². The number of benzene rings is 1. The van der Waals surface area contributed by atoms with E-state index in [1.165, 1.54) is 22.5 Å². The molecule has 0 spiro atoms. The highest BCUT2D eigenvalue weighted by molar-refractivity contribution is 7.89. The van der Waals surface area contributed by atoms with E-state index in [0.717, 1.165) is 19.3 Å². The summed E-state index contributed by atoms with van der Waals surface area (Å²) < 4.78 is 39.6. The zero-order valence-electron chi connectivity index (χ0n) is 12.7. The molecule has 3 rings (SSSR count). The summed E-state index contributed by atoms with van der Waals surface area (Å²) in [5.41, 5.74) is 0.597. The van der Waals surface area contributed by atoms with Crippen LogP contribution in [-0.2, 0) is 21.2 Å². The second kappa shape index (κ2) is 6.20. The fraction of sp³-hybridized carbons (Fsp3) is 0.562. The number of sulfonamides is 1. The van der Waals surface area contributed by atoms with Crippen molar-refractivity contribution < 1.29 is 22.7 Å². The van der Waals surface area contributed by atoms with Gasteiger partial charge in [-0.05, 0) is 48.8 Å². The molecule has 1 aromatic rings. The monoisotopic (exact) mass is 341 g/mol. The molecule has 23 heavy (non-hydrogen) atoms. The smallest absolute Gasteiger partial charge is 0.322 e. The molecule has 0 unspecified atom stereocenters. The summed E-state index contributed by atoms with van der Waals surface area (Å²) in [5, 5.41) is 9.46. The van der Waals surface area contributed by atoms with Gasteiger partial charge in [0.25, 0.3) is 0 Å². The minimum absolute atomic E-state index is 0.0727. The van der Waals surface area contributed by atoms with Crippen LogP contribution in [0.5, 0.6) is 0 Å². The number of hydrogen-bond donors (Lipinski definition) is 1. The molecule has 1 heterocycles. The standard InChI is InChI=1S/C16H20FNO4S/c17-13-5-1-3-11(9-13)7-8-23(21,22)18-10-12-4-2-6-14(12)15(18)16(19)20/h1,3,5,9,12,14-15H,2,4,6-8,10H2,(H,19,20)/t12-,14-,15+/m1/s1.